The number of thioether (sulfide) groups is 1. The smallest absolute Gasteiger partial charge is 0.433 e. The van der Waals surface area contributed by atoms with Gasteiger partial charge in [-0.15, -0.1) is 0 Å². The van der Waals surface area contributed by atoms with E-state index in [2.05, 4.69) is 9.97 Å². The van der Waals surface area contributed by atoms with Crippen LogP contribution in [0.5, 0.6) is 11.5 Å². The maximum Gasteiger partial charge on any atom is 0.433 e. The Morgan fingerprint density at radius 1 is 1.13 bits per heavy atom. The summed E-state index contributed by atoms with van der Waals surface area (Å²) in [5.74, 6) is 0.819. The molecular formula is C19H19F3N2O5S. The van der Waals surface area contributed by atoms with Gasteiger partial charge < -0.3 is 24.1 Å². The standard InChI is InChI=1S/C19H19F3N2O5S/c1-26-12-4-3-9(5-13(12)27-2)10-6-16(19(20,21)22)24-18(23-10)30-15-7-11(25)17-28-8-14(15)29-17/h3-6,11,14-15,17,25H,7-8H2,1-2H3/t11-,14+,15+,17-/m0/s1. The lowest BCUT2D eigenvalue weighted by molar-refractivity contribution is -0.150. The number of halogens is 3. The zero-order valence-electron chi connectivity index (χ0n) is 16.0. The average Bonchev–Trinajstić information content (AvgIpc) is 3.17. The molecule has 0 amide bonds. The normalized spacial score (nSPS) is 25.9. The molecule has 1 aromatic heterocycles. The Hall–Kier alpha value is -2.08. The number of alkyl halides is 3. The molecule has 7 nitrogen and oxygen atoms in total. The van der Waals surface area contributed by atoms with Gasteiger partial charge in [-0.1, -0.05) is 11.8 Å². The summed E-state index contributed by atoms with van der Waals surface area (Å²) in [6.45, 7) is 0.265. The van der Waals surface area contributed by atoms with E-state index >= 15 is 0 Å². The van der Waals surface area contributed by atoms with Gasteiger partial charge >= 0.3 is 6.18 Å². The molecular weight excluding hydrogens is 425 g/mol. The van der Waals surface area contributed by atoms with Crippen molar-refractivity contribution >= 4 is 11.8 Å². The molecule has 1 aromatic carbocycles. The van der Waals surface area contributed by atoms with Crippen molar-refractivity contribution in [1.29, 1.82) is 0 Å². The molecule has 0 unspecified atom stereocenters. The third-order valence-corrected chi connectivity index (χ3v) is 6.06. The van der Waals surface area contributed by atoms with Gasteiger partial charge in [0.05, 0.1) is 32.6 Å². The minimum Gasteiger partial charge on any atom is -0.493 e. The number of fused-ring (bicyclic) bond motifs is 2. The van der Waals surface area contributed by atoms with E-state index in [4.69, 9.17) is 18.9 Å². The molecule has 2 saturated heterocycles. The molecule has 2 aliphatic heterocycles. The van der Waals surface area contributed by atoms with E-state index in [0.29, 0.717) is 23.5 Å². The Balaban J connectivity index is 1.70. The molecule has 1 N–H and O–H groups in total. The number of hydrogen-bond donors (Lipinski definition) is 1. The lowest BCUT2D eigenvalue weighted by atomic mass is 10.1. The van der Waals surface area contributed by atoms with Gasteiger partial charge in [0.25, 0.3) is 0 Å². The lowest BCUT2D eigenvalue weighted by Gasteiger charge is -2.30. The van der Waals surface area contributed by atoms with Crippen LogP contribution in [0.15, 0.2) is 29.4 Å². The second-order valence-corrected chi connectivity index (χ2v) is 8.03. The summed E-state index contributed by atoms with van der Waals surface area (Å²) in [4.78, 5) is 8.03. The van der Waals surface area contributed by atoms with Gasteiger partial charge in [0.1, 0.15) is 11.8 Å². The molecule has 2 fully saturated rings. The van der Waals surface area contributed by atoms with Gasteiger partial charge in [0.2, 0.25) is 0 Å². The fourth-order valence-electron chi connectivity index (χ4n) is 3.36. The molecule has 2 bridgehead atoms. The third-order valence-electron chi connectivity index (χ3n) is 4.87. The Bertz CT molecular complexity index is 930. The maximum atomic E-state index is 13.5. The lowest BCUT2D eigenvalue weighted by Crippen LogP contribution is -2.40. The summed E-state index contributed by atoms with van der Waals surface area (Å²) in [7, 11) is 2.91. The Morgan fingerprint density at radius 2 is 1.90 bits per heavy atom. The van der Waals surface area contributed by atoms with Crippen molar-refractivity contribution < 1.29 is 37.2 Å². The topological polar surface area (TPSA) is 82.9 Å². The van der Waals surface area contributed by atoms with Crippen molar-refractivity contribution in [2.75, 3.05) is 20.8 Å². The highest BCUT2D eigenvalue weighted by atomic mass is 32.2. The number of aromatic nitrogens is 2. The number of aliphatic hydroxyl groups excluding tert-OH is 1. The highest BCUT2D eigenvalue weighted by molar-refractivity contribution is 7.99. The van der Waals surface area contributed by atoms with Crippen molar-refractivity contribution in [3.63, 3.8) is 0 Å². The fourth-order valence-corrected chi connectivity index (χ4v) is 4.52. The van der Waals surface area contributed by atoms with Crippen LogP contribution in [0.1, 0.15) is 12.1 Å². The van der Waals surface area contributed by atoms with Gasteiger partial charge in [-0.3, -0.25) is 0 Å². The molecule has 0 radical (unpaired) electrons. The number of methoxy groups -OCH3 is 2. The number of hydrogen-bond acceptors (Lipinski definition) is 8. The fraction of sp³-hybridized carbons (Fsp3) is 0.474. The van der Waals surface area contributed by atoms with Crippen LogP contribution in [0, 0.1) is 0 Å². The van der Waals surface area contributed by atoms with Gasteiger partial charge in [0.15, 0.2) is 22.9 Å². The van der Waals surface area contributed by atoms with E-state index in [1.807, 2.05) is 0 Å². The molecule has 11 heteroatoms. The van der Waals surface area contributed by atoms with Gasteiger partial charge in [-0.2, -0.15) is 13.2 Å². The number of nitrogens with zero attached hydrogens (tertiary/aromatic N) is 2. The van der Waals surface area contributed by atoms with Crippen molar-refractivity contribution in [3.8, 4) is 22.8 Å². The molecule has 0 saturated carbocycles. The zero-order valence-corrected chi connectivity index (χ0v) is 16.9. The first-order chi connectivity index (χ1) is 14.3. The molecule has 0 aliphatic carbocycles. The third kappa shape index (κ3) is 4.20. The number of aliphatic hydroxyl groups is 1. The highest BCUT2D eigenvalue weighted by Crippen LogP contribution is 2.40. The Kier molecular flexibility index (Phi) is 5.80. The average molecular weight is 444 g/mol. The Labute approximate surface area is 174 Å². The van der Waals surface area contributed by atoms with Gasteiger partial charge in [0, 0.05) is 10.8 Å². The van der Waals surface area contributed by atoms with Gasteiger partial charge in [-0.25, -0.2) is 9.97 Å². The molecule has 4 rings (SSSR count). The quantitative estimate of drug-likeness (QED) is 0.705. The first-order valence-electron chi connectivity index (χ1n) is 9.09. The first-order valence-corrected chi connectivity index (χ1v) is 9.97. The van der Waals surface area contributed by atoms with Crippen LogP contribution in [0.25, 0.3) is 11.3 Å². The van der Waals surface area contributed by atoms with E-state index in [1.165, 1.54) is 14.2 Å². The molecule has 2 aliphatic rings. The van der Waals surface area contributed by atoms with Crippen molar-refractivity contribution in [2.24, 2.45) is 0 Å². The van der Waals surface area contributed by atoms with E-state index in [1.54, 1.807) is 18.2 Å². The zero-order chi connectivity index (χ0) is 21.5. The molecule has 30 heavy (non-hydrogen) atoms. The molecule has 162 valence electrons. The second kappa shape index (κ2) is 8.22. The van der Waals surface area contributed by atoms with Gasteiger partial charge in [-0.05, 0) is 30.7 Å². The first kappa shape index (κ1) is 21.2. The van der Waals surface area contributed by atoms with E-state index < -0.39 is 24.3 Å². The van der Waals surface area contributed by atoms with Crippen LogP contribution < -0.4 is 9.47 Å². The SMILES string of the molecule is COc1ccc(-c2cc(C(F)(F)F)nc(S[C@@H]3C[C@H](O)[C@H]4OC[C@H]3O4)n2)cc1OC. The second-order valence-electron chi connectivity index (χ2n) is 6.82. The highest BCUT2D eigenvalue weighted by Gasteiger charge is 2.44. The summed E-state index contributed by atoms with van der Waals surface area (Å²) >= 11 is 1.04. The van der Waals surface area contributed by atoms with Crippen LogP contribution in [-0.2, 0) is 15.7 Å². The predicted molar refractivity (Wildman–Crippen MR) is 100 cm³/mol. The van der Waals surface area contributed by atoms with Crippen LogP contribution in [0.3, 0.4) is 0 Å². The minimum absolute atomic E-state index is 0.0549. The number of benzene rings is 1. The molecule has 0 spiro atoms. The van der Waals surface area contributed by atoms with Crippen LogP contribution >= 0.6 is 11.8 Å². The number of ether oxygens (including phenoxy) is 4. The van der Waals surface area contributed by atoms with E-state index in [0.717, 1.165) is 17.8 Å². The predicted octanol–water partition coefficient (Wildman–Crippen LogP) is 3.15. The molecule has 4 atom stereocenters. The molecule has 2 aromatic rings. The monoisotopic (exact) mass is 444 g/mol. The van der Waals surface area contributed by atoms with Crippen molar-refractivity contribution in [1.82, 2.24) is 9.97 Å². The Morgan fingerprint density at radius 3 is 2.60 bits per heavy atom. The van der Waals surface area contributed by atoms with Crippen molar-refractivity contribution in [2.45, 2.75) is 41.5 Å². The summed E-state index contributed by atoms with van der Waals surface area (Å²) in [5, 5.41) is 9.67. The van der Waals surface area contributed by atoms with Crippen molar-refractivity contribution in [3.05, 3.63) is 30.0 Å². The molecule has 3 heterocycles. The summed E-state index contributed by atoms with van der Waals surface area (Å²) in [6.07, 6.45) is -6.21. The van der Waals surface area contributed by atoms with Crippen LogP contribution in [0.2, 0.25) is 0 Å². The summed E-state index contributed by atoms with van der Waals surface area (Å²) < 4.78 is 61.8. The van der Waals surface area contributed by atoms with E-state index in [-0.39, 0.29) is 28.8 Å². The summed E-state index contributed by atoms with van der Waals surface area (Å²) in [6, 6.07) is 5.64. The maximum absolute atomic E-state index is 13.5. The number of rotatable bonds is 5. The van der Waals surface area contributed by atoms with Crippen LogP contribution in [0.4, 0.5) is 13.2 Å². The van der Waals surface area contributed by atoms with Crippen LogP contribution in [-0.4, -0.2) is 59.6 Å². The van der Waals surface area contributed by atoms with E-state index in [9.17, 15) is 18.3 Å². The largest absolute Gasteiger partial charge is 0.493 e. The summed E-state index contributed by atoms with van der Waals surface area (Å²) in [5.41, 5.74) is -0.534. The minimum atomic E-state index is -4.65.